The molecular formula is C15H24ClFN2O2S. The molecule has 126 valence electrons. The van der Waals surface area contributed by atoms with Crippen molar-refractivity contribution >= 4 is 22.4 Å². The van der Waals surface area contributed by atoms with Crippen molar-refractivity contribution in [1.82, 2.24) is 9.62 Å². The van der Waals surface area contributed by atoms with E-state index in [0.29, 0.717) is 6.54 Å². The van der Waals surface area contributed by atoms with E-state index >= 15 is 0 Å². The molecule has 1 aliphatic heterocycles. The van der Waals surface area contributed by atoms with Crippen LogP contribution in [-0.4, -0.2) is 39.5 Å². The molecule has 0 atom stereocenters. The topological polar surface area (TPSA) is 49.4 Å². The molecule has 0 spiro atoms. The summed E-state index contributed by atoms with van der Waals surface area (Å²) < 4.78 is 39.6. The monoisotopic (exact) mass is 350 g/mol. The zero-order valence-corrected chi connectivity index (χ0v) is 14.4. The first-order valence-electron chi connectivity index (χ1n) is 7.45. The van der Waals surface area contributed by atoms with Crippen LogP contribution in [0.3, 0.4) is 0 Å². The van der Waals surface area contributed by atoms with E-state index in [9.17, 15) is 12.8 Å². The summed E-state index contributed by atoms with van der Waals surface area (Å²) in [6, 6.07) is 5.07. The van der Waals surface area contributed by atoms with Crippen LogP contribution in [0.5, 0.6) is 0 Å². The summed E-state index contributed by atoms with van der Waals surface area (Å²) >= 11 is 0. The van der Waals surface area contributed by atoms with E-state index < -0.39 is 15.8 Å². The third-order valence-electron chi connectivity index (χ3n) is 3.93. The number of hydrogen-bond acceptors (Lipinski definition) is 3. The lowest BCUT2D eigenvalue weighted by Gasteiger charge is -2.30. The SMILES string of the molecule is CC1CCN(CCCNS(=O)(=O)c2cccc(F)c2)CC1.Cl. The molecule has 0 bridgehead atoms. The Kier molecular flexibility index (Phi) is 7.76. The third-order valence-corrected chi connectivity index (χ3v) is 5.38. The number of likely N-dealkylation sites (tertiary alicyclic amines) is 1. The zero-order valence-electron chi connectivity index (χ0n) is 12.8. The first kappa shape index (κ1) is 19.4. The highest BCUT2D eigenvalue weighted by Gasteiger charge is 2.16. The molecule has 0 saturated carbocycles. The van der Waals surface area contributed by atoms with Gasteiger partial charge in [0.15, 0.2) is 0 Å². The predicted octanol–water partition coefficient (Wildman–Crippen LogP) is 2.65. The maximum absolute atomic E-state index is 13.1. The van der Waals surface area contributed by atoms with Crippen LogP contribution in [0.25, 0.3) is 0 Å². The number of benzene rings is 1. The average molecular weight is 351 g/mol. The van der Waals surface area contributed by atoms with Gasteiger partial charge >= 0.3 is 0 Å². The van der Waals surface area contributed by atoms with Crippen molar-refractivity contribution in [2.24, 2.45) is 5.92 Å². The van der Waals surface area contributed by atoms with Crippen LogP contribution < -0.4 is 4.72 Å². The number of sulfonamides is 1. The van der Waals surface area contributed by atoms with Crippen molar-refractivity contribution in [3.05, 3.63) is 30.1 Å². The average Bonchev–Trinajstić information content (AvgIpc) is 2.45. The Bertz CT molecular complexity index is 560. The first-order chi connectivity index (χ1) is 9.97. The summed E-state index contributed by atoms with van der Waals surface area (Å²) in [5.74, 6) is 0.257. The number of nitrogens with zero attached hydrogens (tertiary/aromatic N) is 1. The van der Waals surface area contributed by atoms with Crippen molar-refractivity contribution < 1.29 is 12.8 Å². The highest BCUT2D eigenvalue weighted by atomic mass is 35.5. The normalized spacial score (nSPS) is 17.2. The summed E-state index contributed by atoms with van der Waals surface area (Å²) in [6.07, 6.45) is 3.20. The lowest BCUT2D eigenvalue weighted by Crippen LogP contribution is -2.35. The Balaban J connectivity index is 0.00000242. The molecule has 1 aromatic carbocycles. The fourth-order valence-electron chi connectivity index (χ4n) is 2.51. The molecular weight excluding hydrogens is 327 g/mol. The second kappa shape index (κ2) is 8.82. The van der Waals surface area contributed by atoms with Gasteiger partial charge in [0, 0.05) is 6.54 Å². The standard InChI is InChI=1S/C15H23FN2O2S.ClH/c1-13-6-10-18(11-7-13)9-3-8-17-21(19,20)15-5-2-4-14(16)12-15;/h2,4-5,12-13,17H,3,6-11H2,1H3;1H. The Hall–Kier alpha value is -0.690. The molecule has 1 saturated heterocycles. The van der Waals surface area contributed by atoms with Gasteiger partial charge in [-0.2, -0.15) is 0 Å². The maximum atomic E-state index is 13.1. The molecule has 0 aromatic heterocycles. The van der Waals surface area contributed by atoms with Crippen molar-refractivity contribution in [2.75, 3.05) is 26.2 Å². The van der Waals surface area contributed by atoms with E-state index in [1.807, 2.05) is 0 Å². The molecule has 1 aliphatic rings. The number of halogens is 2. The van der Waals surface area contributed by atoms with Gasteiger partial charge in [0.1, 0.15) is 5.82 Å². The molecule has 0 amide bonds. The molecule has 22 heavy (non-hydrogen) atoms. The van der Waals surface area contributed by atoms with E-state index in [1.165, 1.54) is 31.0 Å². The number of hydrogen-bond donors (Lipinski definition) is 1. The Morgan fingerprint density at radius 1 is 1.32 bits per heavy atom. The smallest absolute Gasteiger partial charge is 0.240 e. The summed E-state index contributed by atoms with van der Waals surface area (Å²) in [5.41, 5.74) is 0. The largest absolute Gasteiger partial charge is 0.303 e. The summed E-state index contributed by atoms with van der Waals surface area (Å²) in [7, 11) is -3.60. The van der Waals surface area contributed by atoms with Crippen molar-refractivity contribution in [2.45, 2.75) is 31.1 Å². The van der Waals surface area contributed by atoms with E-state index in [4.69, 9.17) is 0 Å². The lowest BCUT2D eigenvalue weighted by atomic mass is 9.99. The van der Waals surface area contributed by atoms with Crippen LogP contribution in [0.2, 0.25) is 0 Å². The quantitative estimate of drug-likeness (QED) is 0.802. The van der Waals surface area contributed by atoms with Gasteiger partial charge in [0.2, 0.25) is 10.0 Å². The van der Waals surface area contributed by atoms with Gasteiger partial charge < -0.3 is 4.90 Å². The predicted molar refractivity (Wildman–Crippen MR) is 88.3 cm³/mol. The minimum absolute atomic E-state index is 0. The summed E-state index contributed by atoms with van der Waals surface area (Å²) in [5, 5.41) is 0. The molecule has 1 heterocycles. The van der Waals surface area contributed by atoms with E-state index in [1.54, 1.807) is 0 Å². The van der Waals surface area contributed by atoms with Crippen molar-refractivity contribution in [3.8, 4) is 0 Å². The van der Waals surface area contributed by atoms with Gasteiger partial charge in [-0.15, -0.1) is 12.4 Å². The molecule has 4 nitrogen and oxygen atoms in total. The number of rotatable bonds is 6. The molecule has 0 radical (unpaired) electrons. The van der Waals surface area contributed by atoms with Crippen LogP contribution in [-0.2, 0) is 10.0 Å². The van der Waals surface area contributed by atoms with Gasteiger partial charge in [-0.1, -0.05) is 13.0 Å². The van der Waals surface area contributed by atoms with Crippen molar-refractivity contribution in [1.29, 1.82) is 0 Å². The third kappa shape index (κ3) is 5.83. The number of piperidine rings is 1. The number of nitrogens with one attached hydrogen (secondary N) is 1. The molecule has 1 aromatic rings. The Morgan fingerprint density at radius 3 is 2.64 bits per heavy atom. The van der Waals surface area contributed by atoms with E-state index in [-0.39, 0.29) is 17.3 Å². The van der Waals surface area contributed by atoms with Gasteiger partial charge in [0.25, 0.3) is 0 Å². The summed E-state index contributed by atoms with van der Waals surface area (Å²) in [6.45, 7) is 5.74. The van der Waals surface area contributed by atoms with E-state index in [2.05, 4.69) is 16.5 Å². The fraction of sp³-hybridized carbons (Fsp3) is 0.600. The molecule has 0 aliphatic carbocycles. The second-order valence-corrected chi connectivity index (χ2v) is 7.50. The molecule has 2 rings (SSSR count). The van der Waals surface area contributed by atoms with Crippen LogP contribution >= 0.6 is 12.4 Å². The van der Waals surface area contributed by atoms with Crippen LogP contribution in [0.15, 0.2) is 29.2 Å². The molecule has 1 N–H and O–H groups in total. The van der Waals surface area contributed by atoms with Crippen molar-refractivity contribution in [3.63, 3.8) is 0 Å². The van der Waals surface area contributed by atoms with Crippen LogP contribution in [0.1, 0.15) is 26.2 Å². The highest BCUT2D eigenvalue weighted by molar-refractivity contribution is 7.89. The first-order valence-corrected chi connectivity index (χ1v) is 8.93. The minimum Gasteiger partial charge on any atom is -0.303 e. The fourth-order valence-corrected chi connectivity index (χ4v) is 3.62. The lowest BCUT2D eigenvalue weighted by molar-refractivity contribution is 0.191. The van der Waals surface area contributed by atoms with Gasteiger partial charge in [-0.25, -0.2) is 17.5 Å². The van der Waals surface area contributed by atoms with Gasteiger partial charge in [-0.3, -0.25) is 0 Å². The summed E-state index contributed by atoms with van der Waals surface area (Å²) in [4.78, 5) is 2.35. The zero-order chi connectivity index (χ0) is 15.3. The van der Waals surface area contributed by atoms with Crippen LogP contribution in [0, 0.1) is 11.7 Å². The molecule has 1 fully saturated rings. The Labute approximate surface area is 138 Å². The molecule has 7 heteroatoms. The van der Waals surface area contributed by atoms with Gasteiger partial charge in [-0.05, 0) is 63.0 Å². The minimum atomic E-state index is -3.60. The van der Waals surface area contributed by atoms with Crippen LogP contribution in [0.4, 0.5) is 4.39 Å². The molecule has 0 unspecified atom stereocenters. The Morgan fingerprint density at radius 2 is 2.00 bits per heavy atom. The highest BCUT2D eigenvalue weighted by Crippen LogP contribution is 2.16. The van der Waals surface area contributed by atoms with Gasteiger partial charge in [0.05, 0.1) is 4.90 Å². The maximum Gasteiger partial charge on any atom is 0.240 e. The second-order valence-electron chi connectivity index (χ2n) is 5.73. The van der Waals surface area contributed by atoms with E-state index in [0.717, 1.165) is 38.0 Å².